The first-order chi connectivity index (χ1) is 7.25. The normalized spacial score (nSPS) is 21.8. The molecule has 1 aliphatic rings. The van der Waals surface area contributed by atoms with Gasteiger partial charge in [-0.05, 0) is 18.6 Å². The summed E-state index contributed by atoms with van der Waals surface area (Å²) in [6.45, 7) is 2.17. The second kappa shape index (κ2) is 4.51. The summed E-state index contributed by atoms with van der Waals surface area (Å²) in [6, 6.07) is 5.61. The van der Waals surface area contributed by atoms with E-state index in [-0.39, 0.29) is 11.8 Å². The summed E-state index contributed by atoms with van der Waals surface area (Å²) in [4.78, 5) is 17.9. The zero-order valence-electron chi connectivity index (χ0n) is 8.60. The first-order valence-corrected chi connectivity index (χ1v) is 5.18. The molecule has 0 spiro atoms. The van der Waals surface area contributed by atoms with Gasteiger partial charge in [0.15, 0.2) is 5.78 Å². The number of pyridine rings is 1. The zero-order valence-corrected chi connectivity index (χ0v) is 8.60. The zero-order chi connectivity index (χ0) is 10.7. The molecule has 1 atom stereocenters. The molecule has 4 heteroatoms. The fourth-order valence-electron chi connectivity index (χ4n) is 1.82. The van der Waals surface area contributed by atoms with Crippen LogP contribution < -0.4 is 5.73 Å². The Bertz CT molecular complexity index is 339. The lowest BCUT2D eigenvalue weighted by atomic mass is 10.2. The highest BCUT2D eigenvalue weighted by molar-refractivity contribution is 5.95. The van der Waals surface area contributed by atoms with Crippen molar-refractivity contribution < 1.29 is 4.79 Å². The number of nitrogens with zero attached hydrogens (tertiary/aromatic N) is 2. The van der Waals surface area contributed by atoms with Gasteiger partial charge in [0.25, 0.3) is 0 Å². The molecule has 0 amide bonds. The minimum atomic E-state index is 0.0738. The van der Waals surface area contributed by atoms with Crippen molar-refractivity contribution in [3.8, 4) is 0 Å². The standard InChI is InChI=1S/C11H15N3O/c12-9-4-6-14(7-9)8-11(15)10-3-1-2-5-13-10/h1-3,5,9H,4,6-8,12H2. The van der Waals surface area contributed by atoms with Crippen molar-refractivity contribution in [1.29, 1.82) is 0 Å². The van der Waals surface area contributed by atoms with Gasteiger partial charge >= 0.3 is 0 Å². The molecule has 2 N–H and O–H groups in total. The molecule has 2 rings (SSSR count). The van der Waals surface area contributed by atoms with E-state index in [0.717, 1.165) is 19.5 Å². The molecule has 4 nitrogen and oxygen atoms in total. The Morgan fingerprint density at radius 1 is 1.60 bits per heavy atom. The van der Waals surface area contributed by atoms with Gasteiger partial charge in [0.05, 0.1) is 6.54 Å². The maximum atomic E-state index is 11.8. The smallest absolute Gasteiger partial charge is 0.195 e. The lowest BCUT2D eigenvalue weighted by molar-refractivity contribution is 0.0940. The van der Waals surface area contributed by atoms with Crippen molar-refractivity contribution in [2.75, 3.05) is 19.6 Å². The maximum Gasteiger partial charge on any atom is 0.195 e. The van der Waals surface area contributed by atoms with Gasteiger partial charge in [-0.25, -0.2) is 0 Å². The summed E-state index contributed by atoms with van der Waals surface area (Å²) in [6.07, 6.45) is 2.62. The van der Waals surface area contributed by atoms with Crippen molar-refractivity contribution in [2.24, 2.45) is 5.73 Å². The average Bonchev–Trinajstić information content (AvgIpc) is 2.65. The molecule has 1 unspecified atom stereocenters. The quantitative estimate of drug-likeness (QED) is 0.721. The van der Waals surface area contributed by atoms with E-state index in [4.69, 9.17) is 5.73 Å². The van der Waals surface area contributed by atoms with E-state index < -0.39 is 0 Å². The van der Waals surface area contributed by atoms with Gasteiger partial charge in [-0.3, -0.25) is 14.7 Å². The van der Waals surface area contributed by atoms with Gasteiger partial charge < -0.3 is 5.73 Å². The van der Waals surface area contributed by atoms with Gasteiger partial charge in [0.1, 0.15) is 5.69 Å². The highest BCUT2D eigenvalue weighted by Gasteiger charge is 2.21. The Labute approximate surface area is 89.1 Å². The summed E-state index contributed by atoms with van der Waals surface area (Å²) in [5.74, 6) is 0.0738. The number of aromatic nitrogens is 1. The van der Waals surface area contributed by atoms with Crippen LogP contribution in [0.1, 0.15) is 16.9 Å². The highest BCUT2D eigenvalue weighted by Crippen LogP contribution is 2.07. The van der Waals surface area contributed by atoms with Crippen molar-refractivity contribution in [3.05, 3.63) is 30.1 Å². The number of nitrogens with two attached hydrogens (primary N) is 1. The molecule has 0 saturated carbocycles. The topological polar surface area (TPSA) is 59.2 Å². The number of hydrogen-bond acceptors (Lipinski definition) is 4. The van der Waals surface area contributed by atoms with Crippen molar-refractivity contribution in [1.82, 2.24) is 9.88 Å². The van der Waals surface area contributed by atoms with E-state index in [1.165, 1.54) is 0 Å². The van der Waals surface area contributed by atoms with E-state index in [9.17, 15) is 4.79 Å². The fraction of sp³-hybridized carbons (Fsp3) is 0.455. The van der Waals surface area contributed by atoms with Crippen LogP contribution in [0.2, 0.25) is 0 Å². The predicted octanol–water partition coefficient (Wildman–Crippen LogP) is 0.297. The second-order valence-corrected chi connectivity index (χ2v) is 3.92. The van der Waals surface area contributed by atoms with E-state index in [1.807, 2.05) is 12.1 Å². The van der Waals surface area contributed by atoms with Gasteiger partial charge in [-0.1, -0.05) is 6.07 Å². The number of ketones is 1. The molecule has 1 aromatic heterocycles. The molecule has 0 aliphatic carbocycles. The molecular formula is C11H15N3O. The molecule has 15 heavy (non-hydrogen) atoms. The van der Waals surface area contributed by atoms with Crippen LogP contribution in [-0.2, 0) is 0 Å². The first-order valence-electron chi connectivity index (χ1n) is 5.18. The molecule has 1 saturated heterocycles. The molecule has 1 aliphatic heterocycles. The summed E-state index contributed by atoms with van der Waals surface area (Å²) >= 11 is 0. The number of rotatable bonds is 3. The van der Waals surface area contributed by atoms with Crippen LogP contribution in [0.15, 0.2) is 24.4 Å². The monoisotopic (exact) mass is 205 g/mol. The van der Waals surface area contributed by atoms with Gasteiger partial charge in [0, 0.05) is 25.3 Å². The maximum absolute atomic E-state index is 11.8. The third kappa shape index (κ3) is 2.61. The fourth-order valence-corrected chi connectivity index (χ4v) is 1.82. The first kappa shape index (κ1) is 10.3. The Kier molecular flexibility index (Phi) is 3.08. The van der Waals surface area contributed by atoms with Crippen LogP contribution >= 0.6 is 0 Å². The Morgan fingerprint density at radius 2 is 2.47 bits per heavy atom. The molecule has 0 radical (unpaired) electrons. The van der Waals surface area contributed by atoms with Gasteiger partial charge in [-0.15, -0.1) is 0 Å². The van der Waals surface area contributed by atoms with E-state index in [0.29, 0.717) is 12.2 Å². The number of hydrogen-bond donors (Lipinski definition) is 1. The van der Waals surface area contributed by atoms with Gasteiger partial charge in [-0.2, -0.15) is 0 Å². The molecule has 2 heterocycles. The van der Waals surface area contributed by atoms with E-state index in [1.54, 1.807) is 12.3 Å². The summed E-state index contributed by atoms with van der Waals surface area (Å²) in [7, 11) is 0. The predicted molar refractivity (Wildman–Crippen MR) is 57.6 cm³/mol. The third-order valence-corrected chi connectivity index (χ3v) is 2.63. The molecule has 0 aromatic carbocycles. The third-order valence-electron chi connectivity index (χ3n) is 2.63. The molecular weight excluding hydrogens is 190 g/mol. The summed E-state index contributed by atoms with van der Waals surface area (Å²) in [5, 5.41) is 0. The van der Waals surface area contributed by atoms with Crippen LogP contribution in [0.5, 0.6) is 0 Å². The lowest BCUT2D eigenvalue weighted by Gasteiger charge is -2.13. The highest BCUT2D eigenvalue weighted by atomic mass is 16.1. The Morgan fingerprint density at radius 3 is 3.07 bits per heavy atom. The average molecular weight is 205 g/mol. The number of carbonyl (C=O) groups excluding carboxylic acids is 1. The Hall–Kier alpha value is -1.26. The summed E-state index contributed by atoms with van der Waals surface area (Å²) in [5.41, 5.74) is 6.31. The SMILES string of the molecule is NC1CCN(CC(=O)c2ccccn2)C1. The molecule has 0 bridgehead atoms. The molecule has 1 aromatic rings. The van der Waals surface area contributed by atoms with Crippen LogP contribution in [0, 0.1) is 0 Å². The molecule has 80 valence electrons. The lowest BCUT2D eigenvalue weighted by Crippen LogP contribution is -2.31. The second-order valence-electron chi connectivity index (χ2n) is 3.92. The van der Waals surface area contributed by atoms with Crippen LogP contribution in [0.3, 0.4) is 0 Å². The van der Waals surface area contributed by atoms with Gasteiger partial charge in [0.2, 0.25) is 0 Å². The van der Waals surface area contributed by atoms with E-state index >= 15 is 0 Å². The molecule has 1 fully saturated rings. The van der Waals surface area contributed by atoms with Crippen LogP contribution in [0.25, 0.3) is 0 Å². The van der Waals surface area contributed by atoms with Crippen molar-refractivity contribution in [3.63, 3.8) is 0 Å². The van der Waals surface area contributed by atoms with Crippen molar-refractivity contribution >= 4 is 5.78 Å². The largest absolute Gasteiger partial charge is 0.326 e. The number of likely N-dealkylation sites (tertiary alicyclic amines) is 1. The number of carbonyl (C=O) groups is 1. The Balaban J connectivity index is 1.93. The minimum Gasteiger partial charge on any atom is -0.326 e. The van der Waals surface area contributed by atoms with Crippen LogP contribution in [-0.4, -0.2) is 41.3 Å². The van der Waals surface area contributed by atoms with Crippen molar-refractivity contribution in [2.45, 2.75) is 12.5 Å². The summed E-state index contributed by atoms with van der Waals surface area (Å²) < 4.78 is 0. The van der Waals surface area contributed by atoms with Crippen LogP contribution in [0.4, 0.5) is 0 Å². The van der Waals surface area contributed by atoms with E-state index in [2.05, 4.69) is 9.88 Å². The number of Topliss-reactive ketones (excluding diaryl/α,β-unsaturated/α-hetero) is 1. The minimum absolute atomic E-state index is 0.0738.